The van der Waals surface area contributed by atoms with Crippen LogP contribution in [0.15, 0.2) is 41.3 Å². The Bertz CT molecular complexity index is 938. The van der Waals surface area contributed by atoms with Crippen molar-refractivity contribution in [2.45, 2.75) is 37.8 Å². The lowest BCUT2D eigenvalue weighted by Gasteiger charge is -2.27. The van der Waals surface area contributed by atoms with Gasteiger partial charge in [-0.25, -0.2) is 9.59 Å². The van der Waals surface area contributed by atoms with Crippen LogP contribution in [0.5, 0.6) is 0 Å². The predicted molar refractivity (Wildman–Crippen MR) is 121 cm³/mol. The molecule has 1 unspecified atom stereocenters. The van der Waals surface area contributed by atoms with Gasteiger partial charge < -0.3 is 21.3 Å². The summed E-state index contributed by atoms with van der Waals surface area (Å²) >= 11 is 0. The number of nitrogens with two attached hydrogens (primary N) is 1. The highest BCUT2D eigenvalue weighted by Crippen LogP contribution is 2.17. The molecule has 166 valence electrons. The molecule has 1 saturated heterocycles. The Kier molecular flexibility index (Phi) is 6.96. The van der Waals surface area contributed by atoms with E-state index in [1.54, 1.807) is 17.2 Å². The highest BCUT2D eigenvalue weighted by molar-refractivity contribution is 5.88. The summed E-state index contributed by atoms with van der Waals surface area (Å²) in [6.07, 6.45) is 5.88. The number of aromatic nitrogens is 2. The summed E-state index contributed by atoms with van der Waals surface area (Å²) in [5.74, 6) is 0.263. The fraction of sp³-hybridized carbons (Fsp3) is 0.500. The monoisotopic (exact) mass is 425 g/mol. The van der Waals surface area contributed by atoms with Gasteiger partial charge in [-0.2, -0.15) is 4.98 Å². The Balaban J connectivity index is 1.32. The van der Waals surface area contributed by atoms with E-state index >= 15 is 0 Å². The van der Waals surface area contributed by atoms with Crippen LogP contribution in [0.2, 0.25) is 0 Å². The molecule has 0 radical (unpaired) electrons. The number of hydrogen-bond donors (Lipinski definition) is 4. The molecule has 1 aliphatic carbocycles. The van der Waals surface area contributed by atoms with E-state index in [-0.39, 0.29) is 11.8 Å². The van der Waals surface area contributed by atoms with Crippen molar-refractivity contribution in [3.63, 3.8) is 0 Å². The van der Waals surface area contributed by atoms with Crippen molar-refractivity contribution in [2.24, 2.45) is 5.73 Å². The molecule has 0 spiro atoms. The van der Waals surface area contributed by atoms with Crippen LogP contribution < -0.4 is 27.4 Å². The smallest absolute Gasteiger partial charge is 0.328 e. The van der Waals surface area contributed by atoms with E-state index < -0.39 is 5.69 Å². The third kappa shape index (κ3) is 5.69. The molecule has 2 aliphatic rings. The maximum absolute atomic E-state index is 12.5. The molecular weight excluding hydrogens is 394 g/mol. The number of nitrogens with zero attached hydrogens (tertiary/aromatic N) is 3. The van der Waals surface area contributed by atoms with E-state index in [1.807, 2.05) is 24.3 Å². The Morgan fingerprint density at radius 1 is 1.16 bits per heavy atom. The quantitative estimate of drug-likeness (QED) is 0.541. The van der Waals surface area contributed by atoms with Crippen molar-refractivity contribution in [3.8, 4) is 5.69 Å². The number of rotatable bonds is 6. The number of hydrogen-bond acceptors (Lipinski definition) is 6. The van der Waals surface area contributed by atoms with E-state index in [4.69, 9.17) is 5.73 Å². The maximum Gasteiger partial charge on any atom is 0.354 e. The van der Waals surface area contributed by atoms with Crippen molar-refractivity contribution in [1.82, 2.24) is 25.1 Å². The maximum atomic E-state index is 12.5. The molecule has 4 rings (SSSR count). The van der Waals surface area contributed by atoms with Gasteiger partial charge >= 0.3 is 11.7 Å². The molecule has 1 aromatic heterocycles. The van der Waals surface area contributed by atoms with Crippen LogP contribution in [-0.4, -0.2) is 65.3 Å². The predicted octanol–water partition coefficient (Wildman–Crippen LogP) is 0.682. The van der Waals surface area contributed by atoms with Gasteiger partial charge in [-0.1, -0.05) is 12.1 Å². The minimum Gasteiger partial charge on any atom is -0.328 e. The molecule has 9 heteroatoms. The molecule has 2 fully saturated rings. The van der Waals surface area contributed by atoms with Crippen LogP contribution in [-0.2, 0) is 6.42 Å². The van der Waals surface area contributed by atoms with Gasteiger partial charge in [-0.15, -0.1) is 0 Å². The summed E-state index contributed by atoms with van der Waals surface area (Å²) in [6.45, 7) is 3.73. The largest absolute Gasteiger partial charge is 0.354 e. The third-order valence-electron chi connectivity index (χ3n) is 5.98. The number of nitrogens with one attached hydrogen (secondary N) is 3. The molecule has 9 nitrogen and oxygen atoms in total. The topological polar surface area (TPSA) is 117 Å². The summed E-state index contributed by atoms with van der Waals surface area (Å²) in [6, 6.07) is 10.2. The minimum atomic E-state index is -0.426. The Labute approximate surface area is 182 Å². The first-order chi connectivity index (χ1) is 15.1. The summed E-state index contributed by atoms with van der Waals surface area (Å²) in [7, 11) is 0. The number of carbonyl (C=O) groups excluding carboxylic acids is 1. The normalized spacial score (nSPS) is 21.3. The van der Waals surface area contributed by atoms with Gasteiger partial charge in [0.05, 0.1) is 5.69 Å². The van der Waals surface area contributed by atoms with Gasteiger partial charge in [0.2, 0.25) is 0 Å². The number of benzene rings is 1. The first-order valence-electron chi connectivity index (χ1n) is 11.0. The zero-order valence-corrected chi connectivity index (χ0v) is 17.7. The van der Waals surface area contributed by atoms with Gasteiger partial charge in [0.25, 0.3) is 0 Å². The number of amides is 2. The fourth-order valence-corrected chi connectivity index (χ4v) is 4.17. The van der Waals surface area contributed by atoms with Crippen LogP contribution in [0.25, 0.3) is 5.69 Å². The van der Waals surface area contributed by atoms with Crippen LogP contribution in [0.1, 0.15) is 24.8 Å². The van der Waals surface area contributed by atoms with E-state index in [1.165, 1.54) is 10.1 Å². The Morgan fingerprint density at radius 2 is 1.94 bits per heavy atom. The number of urea groups is 1. The zero-order valence-electron chi connectivity index (χ0n) is 17.7. The second kappa shape index (κ2) is 10.0. The second-order valence-electron chi connectivity index (χ2n) is 8.27. The molecule has 0 bridgehead atoms. The number of anilines is 1. The molecule has 1 aromatic carbocycles. The van der Waals surface area contributed by atoms with Gasteiger partial charge in [0, 0.05) is 44.5 Å². The average molecular weight is 426 g/mol. The fourth-order valence-electron chi connectivity index (χ4n) is 4.17. The van der Waals surface area contributed by atoms with Crippen LogP contribution in [0, 0.1) is 0 Å². The van der Waals surface area contributed by atoms with E-state index in [9.17, 15) is 9.59 Å². The average Bonchev–Trinajstić information content (AvgIpc) is 3.20. The first kappa shape index (κ1) is 21.5. The standard InChI is InChI=1S/C22H31N7O2/c23-17-3-4-18(15-17)25-9-7-16-1-5-19(6-2-16)29-12-8-20(27-22(29)31)26-21(30)28-13-10-24-11-14-28/h1-2,5-6,8,12,17-18,24-25H,3-4,7,9-11,13-15,23H2,(H,26,27,30,31)/t17-,18?/m0/s1. The van der Waals surface area contributed by atoms with Gasteiger partial charge in [-0.05, 0) is 56.0 Å². The van der Waals surface area contributed by atoms with Gasteiger partial charge in [0.1, 0.15) is 5.82 Å². The summed E-state index contributed by atoms with van der Waals surface area (Å²) < 4.78 is 1.47. The zero-order chi connectivity index (χ0) is 21.6. The Morgan fingerprint density at radius 3 is 2.61 bits per heavy atom. The molecule has 1 aliphatic heterocycles. The summed E-state index contributed by atoms with van der Waals surface area (Å²) in [4.78, 5) is 30.5. The number of piperazine rings is 1. The van der Waals surface area contributed by atoms with Crippen molar-refractivity contribution < 1.29 is 4.79 Å². The van der Waals surface area contributed by atoms with Crippen LogP contribution in [0.3, 0.4) is 0 Å². The molecule has 2 atom stereocenters. The highest BCUT2D eigenvalue weighted by Gasteiger charge is 2.20. The van der Waals surface area contributed by atoms with E-state index in [2.05, 4.69) is 20.9 Å². The second-order valence-corrected chi connectivity index (χ2v) is 8.27. The Hall–Kier alpha value is -2.75. The highest BCUT2D eigenvalue weighted by atomic mass is 16.2. The molecule has 1 saturated carbocycles. The van der Waals surface area contributed by atoms with E-state index in [0.29, 0.717) is 25.2 Å². The third-order valence-corrected chi connectivity index (χ3v) is 5.98. The van der Waals surface area contributed by atoms with E-state index in [0.717, 1.165) is 51.0 Å². The molecule has 2 heterocycles. The van der Waals surface area contributed by atoms with Crippen molar-refractivity contribution in [2.75, 3.05) is 38.0 Å². The molecule has 31 heavy (non-hydrogen) atoms. The first-order valence-corrected chi connectivity index (χ1v) is 11.0. The van der Waals surface area contributed by atoms with Crippen molar-refractivity contribution >= 4 is 11.8 Å². The number of carbonyl (C=O) groups is 1. The van der Waals surface area contributed by atoms with Gasteiger partial charge in [-0.3, -0.25) is 9.88 Å². The summed E-state index contributed by atoms with van der Waals surface area (Å²) in [5.41, 5.74) is 7.49. The van der Waals surface area contributed by atoms with Gasteiger partial charge in [0.15, 0.2) is 0 Å². The van der Waals surface area contributed by atoms with Crippen LogP contribution >= 0.6 is 0 Å². The van der Waals surface area contributed by atoms with Crippen molar-refractivity contribution in [1.29, 1.82) is 0 Å². The molecule has 2 amide bonds. The van der Waals surface area contributed by atoms with Crippen LogP contribution in [0.4, 0.5) is 10.6 Å². The lowest BCUT2D eigenvalue weighted by molar-refractivity contribution is 0.204. The SMILES string of the molecule is N[C@H]1CCC(NCCc2ccc(-n3ccc(NC(=O)N4CCNCC4)nc3=O)cc2)C1. The lowest BCUT2D eigenvalue weighted by atomic mass is 10.1. The molecule has 2 aromatic rings. The minimum absolute atomic E-state index is 0.233. The molecular formula is C22H31N7O2. The molecule has 5 N–H and O–H groups in total. The summed E-state index contributed by atoms with van der Waals surface area (Å²) in [5, 5.41) is 9.48. The lowest BCUT2D eigenvalue weighted by Crippen LogP contribution is -2.48. The van der Waals surface area contributed by atoms with Crippen molar-refractivity contribution in [3.05, 3.63) is 52.6 Å².